The first-order valence-corrected chi connectivity index (χ1v) is 6.44. The number of aldehydes is 1. The van der Waals surface area contributed by atoms with Gasteiger partial charge in [-0.25, -0.2) is 0 Å². The average Bonchev–Trinajstić information content (AvgIpc) is 2.26. The van der Waals surface area contributed by atoms with Crippen molar-refractivity contribution in [2.45, 2.75) is 65.7 Å². The van der Waals surface area contributed by atoms with Crippen molar-refractivity contribution in [3.05, 3.63) is 11.6 Å². The van der Waals surface area contributed by atoms with Gasteiger partial charge in [0.05, 0.1) is 0 Å². The number of carbonyl (C=O) groups excluding carboxylic acids is 1. The summed E-state index contributed by atoms with van der Waals surface area (Å²) in [5.41, 5.74) is 1.02. The van der Waals surface area contributed by atoms with E-state index in [1.807, 2.05) is 0 Å². The van der Waals surface area contributed by atoms with Crippen LogP contribution in [-0.2, 0) is 4.79 Å². The topological polar surface area (TPSA) is 17.1 Å². The van der Waals surface area contributed by atoms with Crippen molar-refractivity contribution >= 4 is 6.29 Å². The van der Waals surface area contributed by atoms with E-state index in [1.165, 1.54) is 25.7 Å². The van der Waals surface area contributed by atoms with E-state index in [1.54, 1.807) is 0 Å². The lowest BCUT2D eigenvalue weighted by atomic mass is 9.96. The lowest BCUT2D eigenvalue weighted by Crippen LogP contribution is -1.97. The van der Waals surface area contributed by atoms with Crippen LogP contribution in [0.3, 0.4) is 0 Å². The molecule has 0 bridgehead atoms. The fourth-order valence-corrected chi connectivity index (χ4v) is 1.84. The van der Waals surface area contributed by atoms with Crippen molar-refractivity contribution in [3.63, 3.8) is 0 Å². The molecule has 0 aliphatic carbocycles. The number of allylic oxidation sites excluding steroid dienone is 2. The molecule has 0 spiro atoms. The Bertz CT molecular complexity index is 182. The van der Waals surface area contributed by atoms with Crippen molar-refractivity contribution in [1.29, 1.82) is 0 Å². The minimum Gasteiger partial charge on any atom is -0.298 e. The third kappa shape index (κ3) is 7.35. The molecule has 0 fully saturated rings. The molecule has 0 amide bonds. The van der Waals surface area contributed by atoms with Gasteiger partial charge >= 0.3 is 0 Å². The molecule has 0 aliphatic heterocycles. The van der Waals surface area contributed by atoms with Crippen LogP contribution in [0.25, 0.3) is 0 Å². The smallest absolute Gasteiger partial charge is 0.145 e. The van der Waals surface area contributed by atoms with Crippen molar-refractivity contribution in [2.24, 2.45) is 5.92 Å². The first-order valence-electron chi connectivity index (χ1n) is 6.44. The molecule has 1 heteroatoms. The van der Waals surface area contributed by atoms with Crippen LogP contribution in [0.1, 0.15) is 65.7 Å². The zero-order valence-electron chi connectivity index (χ0n) is 10.6. The summed E-state index contributed by atoms with van der Waals surface area (Å²) in [6, 6.07) is 0. The second kappa shape index (κ2) is 9.95. The Morgan fingerprint density at radius 2 is 1.87 bits per heavy atom. The summed E-state index contributed by atoms with van der Waals surface area (Å²) in [5, 5.41) is 0. The molecule has 1 nitrogen and oxygen atoms in total. The van der Waals surface area contributed by atoms with Crippen LogP contribution < -0.4 is 0 Å². The van der Waals surface area contributed by atoms with E-state index in [2.05, 4.69) is 26.8 Å². The Morgan fingerprint density at radius 1 is 1.13 bits per heavy atom. The van der Waals surface area contributed by atoms with Crippen molar-refractivity contribution in [3.8, 4) is 0 Å². The molecule has 0 radical (unpaired) electrons. The SMILES string of the molecule is CCCCC/C(C=O)=C\C(CC)CCC. The maximum absolute atomic E-state index is 10.9. The lowest BCUT2D eigenvalue weighted by molar-refractivity contribution is -0.105. The fourth-order valence-electron chi connectivity index (χ4n) is 1.84. The molecule has 15 heavy (non-hydrogen) atoms. The summed E-state index contributed by atoms with van der Waals surface area (Å²) >= 11 is 0. The molecule has 0 aromatic rings. The van der Waals surface area contributed by atoms with Crippen molar-refractivity contribution in [2.75, 3.05) is 0 Å². The molecule has 0 aliphatic rings. The van der Waals surface area contributed by atoms with E-state index in [9.17, 15) is 4.79 Å². The number of hydrogen-bond donors (Lipinski definition) is 0. The predicted octanol–water partition coefficient (Wildman–Crippen LogP) is 4.52. The minimum atomic E-state index is 0.608. The summed E-state index contributed by atoms with van der Waals surface area (Å²) < 4.78 is 0. The monoisotopic (exact) mass is 210 g/mol. The molecule has 0 heterocycles. The molecule has 1 atom stereocenters. The second-order valence-electron chi connectivity index (χ2n) is 4.27. The molecule has 0 N–H and O–H groups in total. The second-order valence-corrected chi connectivity index (χ2v) is 4.27. The Balaban J connectivity index is 4.09. The van der Waals surface area contributed by atoms with Gasteiger partial charge in [-0.1, -0.05) is 46.1 Å². The number of unbranched alkanes of at least 4 members (excludes halogenated alkanes) is 2. The first-order chi connectivity index (χ1) is 7.28. The lowest BCUT2D eigenvalue weighted by Gasteiger charge is -2.09. The van der Waals surface area contributed by atoms with Crippen LogP contribution in [0.2, 0.25) is 0 Å². The van der Waals surface area contributed by atoms with E-state index < -0.39 is 0 Å². The van der Waals surface area contributed by atoms with E-state index in [-0.39, 0.29) is 0 Å². The Hall–Kier alpha value is -0.590. The zero-order chi connectivity index (χ0) is 11.5. The van der Waals surface area contributed by atoms with Gasteiger partial charge in [-0.05, 0) is 37.2 Å². The molecule has 0 saturated heterocycles. The average molecular weight is 210 g/mol. The molecule has 0 saturated carbocycles. The molecule has 0 aromatic carbocycles. The highest BCUT2D eigenvalue weighted by Gasteiger charge is 2.03. The van der Waals surface area contributed by atoms with Gasteiger partial charge in [0.15, 0.2) is 0 Å². The number of carbonyl (C=O) groups is 1. The van der Waals surface area contributed by atoms with Crippen LogP contribution >= 0.6 is 0 Å². The fraction of sp³-hybridized carbons (Fsp3) is 0.786. The minimum absolute atomic E-state index is 0.608. The molecule has 1 unspecified atom stereocenters. The molecule has 0 rings (SSSR count). The van der Waals surface area contributed by atoms with Crippen LogP contribution in [0.4, 0.5) is 0 Å². The van der Waals surface area contributed by atoms with Crippen LogP contribution in [0.5, 0.6) is 0 Å². The summed E-state index contributed by atoms with van der Waals surface area (Å²) in [5.74, 6) is 0.608. The van der Waals surface area contributed by atoms with E-state index in [0.717, 1.165) is 31.1 Å². The predicted molar refractivity (Wildman–Crippen MR) is 67.0 cm³/mol. The molecule has 0 aromatic heterocycles. The van der Waals surface area contributed by atoms with Gasteiger partial charge in [0, 0.05) is 0 Å². The van der Waals surface area contributed by atoms with E-state index in [0.29, 0.717) is 5.92 Å². The van der Waals surface area contributed by atoms with Crippen molar-refractivity contribution in [1.82, 2.24) is 0 Å². The Morgan fingerprint density at radius 3 is 2.33 bits per heavy atom. The van der Waals surface area contributed by atoms with Crippen LogP contribution in [0, 0.1) is 5.92 Å². The van der Waals surface area contributed by atoms with E-state index >= 15 is 0 Å². The Labute approximate surface area is 95.0 Å². The first kappa shape index (κ1) is 14.4. The third-order valence-corrected chi connectivity index (χ3v) is 2.85. The number of hydrogen-bond acceptors (Lipinski definition) is 1. The van der Waals surface area contributed by atoms with Gasteiger partial charge in [0.1, 0.15) is 6.29 Å². The third-order valence-electron chi connectivity index (χ3n) is 2.85. The summed E-state index contributed by atoms with van der Waals surface area (Å²) in [4.78, 5) is 10.9. The highest BCUT2D eigenvalue weighted by Crippen LogP contribution is 2.16. The standard InChI is InChI=1S/C14H26O/c1-4-7-8-10-14(12-15)11-13(6-3)9-5-2/h11-13H,4-10H2,1-3H3/b14-11+. The van der Waals surface area contributed by atoms with E-state index in [4.69, 9.17) is 0 Å². The molecular weight excluding hydrogens is 184 g/mol. The largest absolute Gasteiger partial charge is 0.298 e. The van der Waals surface area contributed by atoms with Crippen LogP contribution in [0.15, 0.2) is 11.6 Å². The van der Waals surface area contributed by atoms with Crippen LogP contribution in [-0.4, -0.2) is 6.29 Å². The highest BCUT2D eigenvalue weighted by atomic mass is 16.1. The maximum atomic E-state index is 10.9. The van der Waals surface area contributed by atoms with Gasteiger partial charge < -0.3 is 0 Å². The normalized spacial score (nSPS) is 13.9. The van der Waals surface area contributed by atoms with Gasteiger partial charge in [-0.3, -0.25) is 4.79 Å². The zero-order valence-corrected chi connectivity index (χ0v) is 10.6. The number of rotatable bonds is 9. The van der Waals surface area contributed by atoms with Gasteiger partial charge in [0.2, 0.25) is 0 Å². The van der Waals surface area contributed by atoms with Crippen molar-refractivity contribution < 1.29 is 4.79 Å². The summed E-state index contributed by atoms with van der Waals surface area (Å²) in [7, 11) is 0. The summed E-state index contributed by atoms with van der Waals surface area (Å²) in [6.45, 7) is 6.59. The van der Waals surface area contributed by atoms with Gasteiger partial charge in [-0.15, -0.1) is 0 Å². The summed E-state index contributed by atoms with van der Waals surface area (Å²) in [6.07, 6.45) is 11.4. The van der Waals surface area contributed by atoms with Gasteiger partial charge in [-0.2, -0.15) is 0 Å². The maximum Gasteiger partial charge on any atom is 0.145 e. The highest BCUT2D eigenvalue weighted by molar-refractivity contribution is 5.73. The molecule has 88 valence electrons. The molecular formula is C14H26O. The Kier molecular flexibility index (Phi) is 9.55. The van der Waals surface area contributed by atoms with Gasteiger partial charge in [0.25, 0.3) is 0 Å². The quantitative estimate of drug-likeness (QED) is 0.311.